The first-order chi connectivity index (χ1) is 13.3. The highest BCUT2D eigenvalue weighted by Gasteiger charge is 2.23. The topological polar surface area (TPSA) is 48.3 Å². The van der Waals surface area contributed by atoms with E-state index in [1.807, 2.05) is 22.9 Å². The van der Waals surface area contributed by atoms with Crippen LogP contribution in [0.3, 0.4) is 0 Å². The zero-order chi connectivity index (χ0) is 18.2. The molecule has 0 amide bonds. The van der Waals surface area contributed by atoms with Crippen molar-refractivity contribution in [2.24, 2.45) is 0 Å². The third-order valence-electron chi connectivity index (χ3n) is 5.00. The van der Waals surface area contributed by atoms with Crippen LogP contribution in [0.15, 0.2) is 42.5 Å². The predicted octanol–water partition coefficient (Wildman–Crippen LogP) is 4.66. The summed E-state index contributed by atoms with van der Waals surface area (Å²) in [5, 5.41) is 8.62. The number of nitrogens with one attached hydrogen (secondary N) is 1. The van der Waals surface area contributed by atoms with E-state index in [2.05, 4.69) is 52.2 Å². The van der Waals surface area contributed by atoms with E-state index in [9.17, 15) is 0 Å². The summed E-state index contributed by atoms with van der Waals surface area (Å²) in [6.45, 7) is 2.15. The van der Waals surface area contributed by atoms with Crippen LogP contribution in [0, 0.1) is 3.57 Å². The lowest BCUT2D eigenvalue weighted by molar-refractivity contribution is 0.171. The van der Waals surface area contributed by atoms with Crippen LogP contribution >= 0.6 is 22.6 Å². The Morgan fingerprint density at radius 2 is 1.89 bits per heavy atom. The van der Waals surface area contributed by atoms with E-state index >= 15 is 0 Å². The summed E-state index contributed by atoms with van der Waals surface area (Å²) < 4.78 is 14.7. The number of benzene rings is 2. The number of rotatable bonds is 2. The first-order valence-corrected chi connectivity index (χ1v) is 10.4. The molecule has 0 spiro atoms. The largest absolute Gasteiger partial charge is 0.486 e. The fraction of sp³-hybridized carbons (Fsp3) is 0.286. The van der Waals surface area contributed by atoms with Crippen molar-refractivity contribution in [1.82, 2.24) is 9.78 Å². The fourth-order valence-corrected chi connectivity index (χ4v) is 4.26. The lowest BCUT2D eigenvalue weighted by Gasteiger charge is -2.19. The van der Waals surface area contributed by atoms with Gasteiger partial charge >= 0.3 is 0 Å². The third-order valence-corrected chi connectivity index (χ3v) is 5.67. The summed E-state index contributed by atoms with van der Waals surface area (Å²) in [6, 6.07) is 14.6. The van der Waals surface area contributed by atoms with E-state index in [4.69, 9.17) is 14.6 Å². The predicted molar refractivity (Wildman–Crippen MR) is 114 cm³/mol. The van der Waals surface area contributed by atoms with E-state index in [1.54, 1.807) is 0 Å². The second kappa shape index (κ2) is 7.07. The van der Waals surface area contributed by atoms with Gasteiger partial charge in [-0.3, -0.25) is 0 Å². The molecule has 0 aliphatic carbocycles. The molecule has 2 aromatic carbocycles. The Labute approximate surface area is 171 Å². The zero-order valence-corrected chi connectivity index (χ0v) is 17.0. The molecule has 0 atom stereocenters. The molecule has 1 aromatic heterocycles. The minimum Gasteiger partial charge on any atom is -0.486 e. The first-order valence-electron chi connectivity index (χ1n) is 9.31. The summed E-state index contributed by atoms with van der Waals surface area (Å²) in [5.74, 6) is 2.68. The monoisotopic (exact) mass is 473 g/mol. The van der Waals surface area contributed by atoms with Crippen LogP contribution in [-0.2, 0) is 6.42 Å². The van der Waals surface area contributed by atoms with Crippen LogP contribution in [0.25, 0.3) is 16.9 Å². The first kappa shape index (κ1) is 16.9. The molecule has 0 saturated carbocycles. The molecule has 2 aliphatic rings. The van der Waals surface area contributed by atoms with Crippen molar-refractivity contribution in [3.8, 4) is 28.4 Å². The number of anilines is 1. The van der Waals surface area contributed by atoms with Crippen LogP contribution in [0.1, 0.15) is 18.4 Å². The number of hydrogen-bond donors (Lipinski definition) is 1. The van der Waals surface area contributed by atoms with Crippen molar-refractivity contribution in [2.75, 3.05) is 25.1 Å². The number of fused-ring (bicyclic) bond motifs is 2. The van der Waals surface area contributed by atoms with E-state index in [0.717, 1.165) is 47.2 Å². The minimum atomic E-state index is 0.583. The second-order valence-corrected chi connectivity index (χ2v) is 8.06. The summed E-state index contributed by atoms with van der Waals surface area (Å²) >= 11 is 2.36. The Balaban J connectivity index is 1.66. The van der Waals surface area contributed by atoms with Crippen molar-refractivity contribution in [3.63, 3.8) is 0 Å². The van der Waals surface area contributed by atoms with Crippen molar-refractivity contribution in [1.29, 1.82) is 0 Å². The van der Waals surface area contributed by atoms with Crippen molar-refractivity contribution in [2.45, 2.75) is 19.3 Å². The Morgan fingerprint density at radius 1 is 1.00 bits per heavy atom. The average Bonchev–Trinajstić information content (AvgIpc) is 2.89. The van der Waals surface area contributed by atoms with Crippen LogP contribution in [0.4, 0.5) is 5.82 Å². The summed E-state index contributed by atoms with van der Waals surface area (Å²) in [7, 11) is 0. The second-order valence-electron chi connectivity index (χ2n) is 6.81. The highest BCUT2D eigenvalue weighted by molar-refractivity contribution is 14.1. The smallest absolute Gasteiger partial charge is 0.163 e. The van der Waals surface area contributed by atoms with E-state index in [0.29, 0.717) is 13.2 Å². The summed E-state index contributed by atoms with van der Waals surface area (Å²) in [5.41, 5.74) is 4.51. The summed E-state index contributed by atoms with van der Waals surface area (Å²) in [4.78, 5) is 0. The molecule has 5 nitrogen and oxygen atoms in total. The highest BCUT2D eigenvalue weighted by atomic mass is 127. The van der Waals surface area contributed by atoms with Gasteiger partial charge in [0.2, 0.25) is 0 Å². The zero-order valence-electron chi connectivity index (χ0n) is 14.9. The molecular formula is C21H20IN3O2. The van der Waals surface area contributed by atoms with Gasteiger partial charge in [-0.05, 0) is 66.1 Å². The quantitative estimate of drug-likeness (QED) is 0.550. The molecule has 1 N–H and O–H groups in total. The molecule has 0 bridgehead atoms. The van der Waals surface area contributed by atoms with Crippen LogP contribution in [0.2, 0.25) is 0 Å². The van der Waals surface area contributed by atoms with Gasteiger partial charge in [-0.25, -0.2) is 4.68 Å². The van der Waals surface area contributed by atoms with Gasteiger partial charge in [0.1, 0.15) is 19.0 Å². The van der Waals surface area contributed by atoms with Crippen molar-refractivity contribution >= 4 is 28.4 Å². The van der Waals surface area contributed by atoms with Gasteiger partial charge in [0.25, 0.3) is 0 Å². The number of ether oxygens (including phenoxy) is 2. The number of aromatic nitrogens is 2. The van der Waals surface area contributed by atoms with E-state index in [-0.39, 0.29) is 0 Å². The van der Waals surface area contributed by atoms with E-state index in [1.165, 1.54) is 22.0 Å². The van der Waals surface area contributed by atoms with Crippen LogP contribution in [0.5, 0.6) is 11.5 Å². The normalized spacial score (nSPS) is 15.6. The number of halogens is 1. The lowest BCUT2D eigenvalue weighted by Crippen LogP contribution is -2.15. The van der Waals surface area contributed by atoms with Crippen molar-refractivity contribution in [3.05, 3.63) is 51.6 Å². The summed E-state index contributed by atoms with van der Waals surface area (Å²) in [6.07, 6.45) is 3.37. The molecule has 138 valence electrons. The van der Waals surface area contributed by atoms with Gasteiger partial charge in [-0.2, -0.15) is 5.10 Å². The molecule has 6 heteroatoms. The average molecular weight is 473 g/mol. The third kappa shape index (κ3) is 3.16. The fourth-order valence-electron chi connectivity index (χ4n) is 3.72. The van der Waals surface area contributed by atoms with Gasteiger partial charge in [0, 0.05) is 27.3 Å². The minimum absolute atomic E-state index is 0.583. The molecule has 0 radical (unpaired) electrons. The number of nitrogens with zero attached hydrogens (tertiary/aromatic N) is 2. The van der Waals surface area contributed by atoms with Crippen LogP contribution in [-0.4, -0.2) is 29.5 Å². The van der Waals surface area contributed by atoms with Gasteiger partial charge in [0.15, 0.2) is 11.5 Å². The maximum absolute atomic E-state index is 5.77. The molecule has 27 heavy (non-hydrogen) atoms. The van der Waals surface area contributed by atoms with Gasteiger partial charge in [-0.15, -0.1) is 0 Å². The Bertz CT molecular complexity index is 999. The maximum Gasteiger partial charge on any atom is 0.163 e. The molecule has 3 heterocycles. The molecule has 2 aliphatic heterocycles. The van der Waals surface area contributed by atoms with E-state index < -0.39 is 0 Å². The van der Waals surface area contributed by atoms with Gasteiger partial charge in [-0.1, -0.05) is 12.1 Å². The molecule has 3 aromatic rings. The highest BCUT2D eigenvalue weighted by Crippen LogP contribution is 2.37. The van der Waals surface area contributed by atoms with Gasteiger partial charge in [0.05, 0.1) is 11.4 Å². The maximum atomic E-state index is 5.77. The Morgan fingerprint density at radius 3 is 2.78 bits per heavy atom. The molecule has 0 unspecified atom stereocenters. The van der Waals surface area contributed by atoms with Crippen LogP contribution < -0.4 is 14.8 Å². The SMILES string of the molecule is Ic1cccc(-c2nn(-c3ccc4c(c3)OCCO4)c3c2CCCCN3)c1. The molecule has 0 saturated heterocycles. The molecule has 5 rings (SSSR count). The van der Waals surface area contributed by atoms with Crippen molar-refractivity contribution < 1.29 is 9.47 Å². The Hall–Kier alpha value is -2.22. The molecule has 0 fully saturated rings. The molecular weight excluding hydrogens is 453 g/mol. The Kier molecular flexibility index (Phi) is 4.43. The lowest BCUT2D eigenvalue weighted by atomic mass is 10.0. The standard InChI is InChI=1S/C21H20IN3O2/c22-15-5-3-4-14(12-15)20-17-6-1-2-9-23-21(17)25(24-20)16-7-8-18-19(13-16)27-11-10-26-18/h3-5,7-8,12-13,23H,1-2,6,9-11H2. The van der Waals surface area contributed by atoms with Gasteiger partial charge < -0.3 is 14.8 Å². The number of hydrogen-bond acceptors (Lipinski definition) is 4.